The highest BCUT2D eigenvalue weighted by Gasteiger charge is 2.09. The number of nitrogen functional groups attached to an aromatic ring is 1. The van der Waals surface area contributed by atoms with Crippen molar-refractivity contribution in [1.29, 1.82) is 0 Å². The number of nitrogens with one attached hydrogen (secondary N) is 2. The number of benzene rings is 1. The summed E-state index contributed by atoms with van der Waals surface area (Å²) in [5.41, 5.74) is 7.21. The van der Waals surface area contributed by atoms with E-state index in [1.54, 1.807) is 25.3 Å². The largest absolute Gasteiger partial charge is 0.497 e. The maximum absolute atomic E-state index is 11.7. The molecule has 17 heavy (non-hydrogen) atoms. The van der Waals surface area contributed by atoms with Crippen molar-refractivity contribution in [2.75, 3.05) is 18.2 Å². The smallest absolute Gasteiger partial charge is 0.258 e. The molecule has 6 nitrogen and oxygen atoms in total. The normalized spacial score (nSPS) is 9.94. The Morgan fingerprint density at radius 2 is 2.35 bits per heavy atom. The lowest BCUT2D eigenvalue weighted by Gasteiger charge is -2.08. The predicted octanol–water partition coefficient (Wildman–Crippen LogP) is 1.25. The van der Waals surface area contributed by atoms with Gasteiger partial charge in [0.25, 0.3) is 5.91 Å². The van der Waals surface area contributed by atoms with Crippen molar-refractivity contribution in [3.8, 4) is 5.75 Å². The Balaban J connectivity index is 2.16. The Kier molecular flexibility index (Phi) is 2.95. The number of carbonyl (C=O) groups excluding carboxylic acids is 1. The molecule has 0 aliphatic carbocycles. The van der Waals surface area contributed by atoms with Crippen LogP contribution in [0, 0.1) is 0 Å². The second-order valence-electron chi connectivity index (χ2n) is 3.39. The van der Waals surface area contributed by atoms with Gasteiger partial charge in [-0.15, -0.1) is 0 Å². The van der Waals surface area contributed by atoms with E-state index in [0.29, 0.717) is 22.7 Å². The number of hydrogen-bond donors (Lipinski definition) is 3. The van der Waals surface area contributed by atoms with Gasteiger partial charge < -0.3 is 15.8 Å². The van der Waals surface area contributed by atoms with E-state index in [-0.39, 0.29) is 5.91 Å². The van der Waals surface area contributed by atoms with Gasteiger partial charge >= 0.3 is 0 Å². The third kappa shape index (κ3) is 2.36. The fourth-order valence-corrected chi connectivity index (χ4v) is 1.35. The Hall–Kier alpha value is -2.50. The summed E-state index contributed by atoms with van der Waals surface area (Å²) >= 11 is 0. The van der Waals surface area contributed by atoms with Crippen molar-refractivity contribution >= 4 is 17.3 Å². The number of H-pyrrole nitrogens is 1. The van der Waals surface area contributed by atoms with Gasteiger partial charge in [0.1, 0.15) is 5.75 Å². The quantitative estimate of drug-likeness (QED) is 0.694. The van der Waals surface area contributed by atoms with Gasteiger partial charge in [0.05, 0.1) is 30.2 Å². The zero-order valence-corrected chi connectivity index (χ0v) is 9.23. The molecule has 4 N–H and O–H groups in total. The molecule has 0 spiro atoms. The molecule has 0 radical (unpaired) electrons. The third-order valence-electron chi connectivity index (χ3n) is 2.27. The third-order valence-corrected chi connectivity index (χ3v) is 2.27. The Labute approximate surface area is 97.8 Å². The summed E-state index contributed by atoms with van der Waals surface area (Å²) in [5.74, 6) is 0.374. The number of nitrogens with zero attached hydrogens (tertiary/aromatic N) is 1. The van der Waals surface area contributed by atoms with Gasteiger partial charge in [0.2, 0.25) is 0 Å². The van der Waals surface area contributed by atoms with Crippen LogP contribution in [0.25, 0.3) is 0 Å². The lowest BCUT2D eigenvalue weighted by molar-refractivity contribution is 0.102. The summed E-state index contributed by atoms with van der Waals surface area (Å²) in [7, 11) is 1.55. The number of carbonyl (C=O) groups is 1. The average Bonchev–Trinajstić information content (AvgIpc) is 2.85. The number of ether oxygens (including phenoxy) is 1. The van der Waals surface area contributed by atoms with Gasteiger partial charge in [-0.2, -0.15) is 5.10 Å². The van der Waals surface area contributed by atoms with Gasteiger partial charge in [0, 0.05) is 12.3 Å². The summed E-state index contributed by atoms with van der Waals surface area (Å²) in [6.45, 7) is 0. The van der Waals surface area contributed by atoms with Crippen LogP contribution in [0.4, 0.5) is 11.4 Å². The fraction of sp³-hybridized carbons (Fsp3) is 0.0909. The second-order valence-corrected chi connectivity index (χ2v) is 3.39. The van der Waals surface area contributed by atoms with Crippen LogP contribution in [-0.4, -0.2) is 23.2 Å². The highest BCUT2D eigenvalue weighted by molar-refractivity contribution is 6.05. The van der Waals surface area contributed by atoms with Gasteiger partial charge in [-0.1, -0.05) is 0 Å². The van der Waals surface area contributed by atoms with E-state index in [0.717, 1.165) is 0 Å². The number of amides is 1. The van der Waals surface area contributed by atoms with Crippen LogP contribution in [0.2, 0.25) is 0 Å². The lowest BCUT2D eigenvalue weighted by Crippen LogP contribution is -2.12. The zero-order valence-electron chi connectivity index (χ0n) is 9.23. The maximum atomic E-state index is 11.7. The first-order valence-corrected chi connectivity index (χ1v) is 4.94. The fourth-order valence-electron chi connectivity index (χ4n) is 1.35. The maximum Gasteiger partial charge on any atom is 0.258 e. The van der Waals surface area contributed by atoms with Crippen LogP contribution in [0.15, 0.2) is 30.6 Å². The number of aromatic amines is 1. The van der Waals surface area contributed by atoms with E-state index < -0.39 is 0 Å². The molecule has 1 aromatic heterocycles. The Morgan fingerprint density at radius 1 is 1.53 bits per heavy atom. The van der Waals surface area contributed by atoms with E-state index in [1.165, 1.54) is 12.4 Å². The molecule has 0 saturated carbocycles. The van der Waals surface area contributed by atoms with Crippen molar-refractivity contribution in [3.63, 3.8) is 0 Å². The average molecular weight is 232 g/mol. The lowest BCUT2D eigenvalue weighted by atomic mass is 10.2. The van der Waals surface area contributed by atoms with Crippen molar-refractivity contribution < 1.29 is 9.53 Å². The van der Waals surface area contributed by atoms with Crippen LogP contribution in [0.3, 0.4) is 0 Å². The molecule has 0 saturated heterocycles. The summed E-state index contributed by atoms with van der Waals surface area (Å²) in [6.07, 6.45) is 2.95. The highest BCUT2D eigenvalue weighted by Crippen LogP contribution is 2.24. The van der Waals surface area contributed by atoms with Gasteiger partial charge in [-0.25, -0.2) is 0 Å². The monoisotopic (exact) mass is 232 g/mol. The van der Waals surface area contributed by atoms with Crippen LogP contribution < -0.4 is 15.8 Å². The van der Waals surface area contributed by atoms with Crippen molar-refractivity contribution in [3.05, 3.63) is 36.2 Å². The molecule has 88 valence electrons. The molecule has 0 atom stereocenters. The summed E-state index contributed by atoms with van der Waals surface area (Å²) in [6, 6.07) is 5.05. The number of hydrogen-bond acceptors (Lipinski definition) is 4. The first kappa shape index (κ1) is 11.0. The van der Waals surface area contributed by atoms with E-state index in [2.05, 4.69) is 15.5 Å². The molecular weight excluding hydrogens is 220 g/mol. The molecule has 2 rings (SSSR count). The number of rotatable bonds is 3. The van der Waals surface area contributed by atoms with Crippen LogP contribution in [0.5, 0.6) is 5.75 Å². The molecule has 0 bridgehead atoms. The molecule has 0 unspecified atom stereocenters. The van der Waals surface area contributed by atoms with Crippen molar-refractivity contribution in [2.45, 2.75) is 0 Å². The van der Waals surface area contributed by atoms with Crippen LogP contribution in [-0.2, 0) is 0 Å². The molecule has 2 aromatic rings. The second kappa shape index (κ2) is 4.56. The molecule has 1 heterocycles. The number of anilines is 2. The molecule has 0 aliphatic rings. The first-order chi connectivity index (χ1) is 8.20. The van der Waals surface area contributed by atoms with Crippen LogP contribution >= 0.6 is 0 Å². The number of nitrogens with two attached hydrogens (primary N) is 1. The van der Waals surface area contributed by atoms with Gasteiger partial charge in [0.15, 0.2) is 0 Å². The minimum atomic E-state index is -0.268. The minimum absolute atomic E-state index is 0.268. The summed E-state index contributed by atoms with van der Waals surface area (Å²) in [4.78, 5) is 11.7. The molecule has 6 heteroatoms. The standard InChI is InChI=1S/C11H12N4O2/c1-17-8-2-3-10(9(12)4-8)15-11(16)7-5-13-14-6-7/h2-6H,12H2,1H3,(H,13,14)(H,15,16). The number of methoxy groups -OCH3 is 1. The predicted molar refractivity (Wildman–Crippen MR) is 63.9 cm³/mol. The van der Waals surface area contributed by atoms with Gasteiger partial charge in [-0.3, -0.25) is 9.89 Å². The van der Waals surface area contributed by atoms with Crippen LogP contribution in [0.1, 0.15) is 10.4 Å². The highest BCUT2D eigenvalue weighted by atomic mass is 16.5. The minimum Gasteiger partial charge on any atom is -0.497 e. The van der Waals surface area contributed by atoms with E-state index in [9.17, 15) is 4.79 Å². The zero-order chi connectivity index (χ0) is 12.3. The van der Waals surface area contributed by atoms with Crippen molar-refractivity contribution in [1.82, 2.24) is 10.2 Å². The van der Waals surface area contributed by atoms with Crippen molar-refractivity contribution in [2.24, 2.45) is 0 Å². The van der Waals surface area contributed by atoms with E-state index in [1.807, 2.05) is 0 Å². The van der Waals surface area contributed by atoms with E-state index >= 15 is 0 Å². The van der Waals surface area contributed by atoms with E-state index in [4.69, 9.17) is 10.5 Å². The SMILES string of the molecule is COc1ccc(NC(=O)c2cn[nH]c2)c(N)c1. The first-order valence-electron chi connectivity index (χ1n) is 4.94. The topological polar surface area (TPSA) is 93.0 Å². The Bertz CT molecular complexity index is 522. The van der Waals surface area contributed by atoms with Gasteiger partial charge in [-0.05, 0) is 12.1 Å². The molecular formula is C11H12N4O2. The molecule has 1 aromatic carbocycles. The molecule has 1 amide bonds. The summed E-state index contributed by atoms with van der Waals surface area (Å²) < 4.78 is 5.02. The Morgan fingerprint density at radius 3 is 2.94 bits per heavy atom. The molecule has 0 aliphatic heterocycles. The number of aromatic nitrogens is 2. The summed E-state index contributed by atoms with van der Waals surface area (Å²) in [5, 5.41) is 8.95. The molecule has 0 fully saturated rings.